The third-order valence-corrected chi connectivity index (χ3v) is 2.97. The molecule has 0 spiro atoms. The maximum absolute atomic E-state index is 11.4. The van der Waals surface area contributed by atoms with E-state index >= 15 is 0 Å². The number of ether oxygens (including phenoxy) is 1. The first kappa shape index (κ1) is 14.5. The Labute approximate surface area is 108 Å². The Bertz CT molecular complexity index is 353. The van der Waals surface area contributed by atoms with Crippen LogP contribution in [-0.2, 0) is 11.3 Å². The largest absolute Gasteiger partial charge is 0.445 e. The van der Waals surface area contributed by atoms with E-state index < -0.39 is 12.2 Å². The van der Waals surface area contributed by atoms with E-state index in [1.807, 2.05) is 44.2 Å². The summed E-state index contributed by atoms with van der Waals surface area (Å²) in [5, 5.41) is 12.2. The van der Waals surface area contributed by atoms with Crippen LogP contribution < -0.4 is 5.32 Å². The number of benzene rings is 1. The second kappa shape index (κ2) is 7.71. The molecule has 4 nitrogen and oxygen atoms in total. The standard InChI is InChI=1S/C14H21NO3/c1-3-11(2)13(16)9-15-14(17)18-10-12-7-5-4-6-8-12/h4-8,11,13,16H,3,9-10H2,1-2H3,(H,15,17)/t11-,13-/m0/s1. The Morgan fingerprint density at radius 2 is 2.06 bits per heavy atom. The first-order valence-corrected chi connectivity index (χ1v) is 6.26. The summed E-state index contributed by atoms with van der Waals surface area (Å²) < 4.78 is 5.03. The van der Waals surface area contributed by atoms with E-state index in [-0.39, 0.29) is 19.1 Å². The molecule has 0 aliphatic heterocycles. The zero-order valence-corrected chi connectivity index (χ0v) is 10.9. The molecule has 0 fully saturated rings. The molecule has 0 bridgehead atoms. The minimum atomic E-state index is -0.528. The number of rotatable bonds is 6. The minimum Gasteiger partial charge on any atom is -0.445 e. The number of hydrogen-bond acceptors (Lipinski definition) is 3. The smallest absolute Gasteiger partial charge is 0.407 e. The van der Waals surface area contributed by atoms with Crippen molar-refractivity contribution in [2.24, 2.45) is 5.92 Å². The quantitative estimate of drug-likeness (QED) is 0.815. The van der Waals surface area contributed by atoms with Gasteiger partial charge < -0.3 is 15.2 Å². The van der Waals surface area contributed by atoms with E-state index in [1.165, 1.54) is 0 Å². The van der Waals surface area contributed by atoms with Gasteiger partial charge in [-0.25, -0.2) is 4.79 Å². The third-order valence-electron chi connectivity index (χ3n) is 2.97. The van der Waals surface area contributed by atoms with Gasteiger partial charge in [-0.2, -0.15) is 0 Å². The van der Waals surface area contributed by atoms with Crippen LogP contribution in [0.25, 0.3) is 0 Å². The second-order valence-corrected chi connectivity index (χ2v) is 4.40. The minimum absolute atomic E-state index is 0.166. The monoisotopic (exact) mass is 251 g/mol. The molecule has 1 aromatic rings. The molecule has 100 valence electrons. The molecular formula is C14H21NO3. The molecule has 0 aromatic heterocycles. The SMILES string of the molecule is CC[C@H](C)[C@@H](O)CNC(=O)OCc1ccccc1. The van der Waals surface area contributed by atoms with Gasteiger partial charge in [0.2, 0.25) is 0 Å². The highest BCUT2D eigenvalue weighted by Crippen LogP contribution is 2.06. The van der Waals surface area contributed by atoms with E-state index in [0.717, 1.165) is 12.0 Å². The molecule has 1 aromatic carbocycles. The van der Waals surface area contributed by atoms with Gasteiger partial charge in [0.05, 0.1) is 6.10 Å². The van der Waals surface area contributed by atoms with Gasteiger partial charge in [0.25, 0.3) is 0 Å². The second-order valence-electron chi connectivity index (χ2n) is 4.40. The molecule has 4 heteroatoms. The number of alkyl carbamates (subject to hydrolysis) is 1. The van der Waals surface area contributed by atoms with Gasteiger partial charge >= 0.3 is 6.09 Å². The first-order chi connectivity index (χ1) is 8.63. The van der Waals surface area contributed by atoms with Crippen LogP contribution in [0, 0.1) is 5.92 Å². The van der Waals surface area contributed by atoms with Crippen LogP contribution in [0.2, 0.25) is 0 Å². The number of hydrogen-bond donors (Lipinski definition) is 2. The van der Waals surface area contributed by atoms with Gasteiger partial charge in [0, 0.05) is 6.54 Å². The fraction of sp³-hybridized carbons (Fsp3) is 0.500. The van der Waals surface area contributed by atoms with E-state index in [9.17, 15) is 9.90 Å². The average Bonchev–Trinajstić information content (AvgIpc) is 2.42. The van der Waals surface area contributed by atoms with E-state index in [4.69, 9.17) is 4.74 Å². The van der Waals surface area contributed by atoms with Crippen molar-refractivity contribution in [3.8, 4) is 0 Å². The lowest BCUT2D eigenvalue weighted by molar-refractivity contribution is 0.0998. The Morgan fingerprint density at radius 1 is 1.39 bits per heavy atom. The Kier molecular flexibility index (Phi) is 6.22. The summed E-state index contributed by atoms with van der Waals surface area (Å²) in [7, 11) is 0. The number of carbonyl (C=O) groups excluding carboxylic acids is 1. The Hall–Kier alpha value is -1.55. The fourth-order valence-electron chi connectivity index (χ4n) is 1.44. The summed E-state index contributed by atoms with van der Waals surface area (Å²) in [6.07, 6.45) is -0.150. The van der Waals surface area contributed by atoms with Crippen LogP contribution >= 0.6 is 0 Å². The molecule has 0 aliphatic carbocycles. The van der Waals surface area contributed by atoms with Gasteiger partial charge in [0.1, 0.15) is 6.61 Å². The van der Waals surface area contributed by atoms with Gasteiger partial charge in [-0.05, 0) is 11.5 Å². The predicted molar refractivity (Wildman–Crippen MR) is 70.1 cm³/mol. The average molecular weight is 251 g/mol. The van der Waals surface area contributed by atoms with Crippen LogP contribution in [0.3, 0.4) is 0 Å². The number of amides is 1. The molecule has 2 atom stereocenters. The molecule has 0 heterocycles. The van der Waals surface area contributed by atoms with Gasteiger partial charge in [-0.3, -0.25) is 0 Å². The molecule has 0 saturated carbocycles. The van der Waals surface area contributed by atoms with Crippen molar-refractivity contribution in [2.45, 2.75) is 33.0 Å². The number of aliphatic hydroxyl groups is 1. The third kappa shape index (κ3) is 5.19. The lowest BCUT2D eigenvalue weighted by Crippen LogP contribution is -2.35. The highest BCUT2D eigenvalue weighted by Gasteiger charge is 2.13. The summed E-state index contributed by atoms with van der Waals surface area (Å²) in [6.45, 7) is 4.41. The normalized spacial score (nSPS) is 13.7. The summed E-state index contributed by atoms with van der Waals surface area (Å²) in [4.78, 5) is 11.4. The fourth-order valence-corrected chi connectivity index (χ4v) is 1.44. The molecule has 0 saturated heterocycles. The summed E-state index contributed by atoms with van der Waals surface area (Å²) in [6, 6.07) is 9.47. The van der Waals surface area contributed by atoms with Crippen molar-refractivity contribution in [3.63, 3.8) is 0 Å². The zero-order valence-electron chi connectivity index (χ0n) is 10.9. The van der Waals surface area contributed by atoms with Gasteiger partial charge in [-0.15, -0.1) is 0 Å². The topological polar surface area (TPSA) is 58.6 Å². The van der Waals surface area contributed by atoms with Crippen LogP contribution in [0.4, 0.5) is 4.79 Å². The molecule has 1 amide bonds. The lowest BCUT2D eigenvalue weighted by atomic mass is 10.0. The highest BCUT2D eigenvalue weighted by molar-refractivity contribution is 5.67. The van der Waals surface area contributed by atoms with Crippen LogP contribution in [0.5, 0.6) is 0 Å². The summed E-state index contributed by atoms with van der Waals surface area (Å²) >= 11 is 0. The van der Waals surface area contributed by atoms with E-state index in [0.29, 0.717) is 0 Å². The summed E-state index contributed by atoms with van der Waals surface area (Å²) in [5.74, 6) is 0.166. The van der Waals surface area contributed by atoms with Crippen molar-refractivity contribution >= 4 is 6.09 Å². The van der Waals surface area contributed by atoms with Crippen LogP contribution in [0.15, 0.2) is 30.3 Å². The van der Waals surface area contributed by atoms with Gasteiger partial charge in [0.15, 0.2) is 0 Å². The molecule has 1 rings (SSSR count). The van der Waals surface area contributed by atoms with Crippen molar-refractivity contribution in [1.29, 1.82) is 0 Å². The number of aliphatic hydroxyl groups excluding tert-OH is 1. The highest BCUT2D eigenvalue weighted by atomic mass is 16.5. The Morgan fingerprint density at radius 3 is 2.67 bits per heavy atom. The van der Waals surface area contributed by atoms with Crippen LogP contribution in [0.1, 0.15) is 25.8 Å². The molecule has 0 unspecified atom stereocenters. The Balaban J connectivity index is 2.22. The van der Waals surface area contributed by atoms with E-state index in [2.05, 4.69) is 5.32 Å². The van der Waals surface area contributed by atoms with Gasteiger partial charge in [-0.1, -0.05) is 50.6 Å². The first-order valence-electron chi connectivity index (χ1n) is 6.26. The van der Waals surface area contributed by atoms with Crippen molar-refractivity contribution in [1.82, 2.24) is 5.32 Å². The molecule has 0 radical (unpaired) electrons. The molecule has 0 aliphatic rings. The predicted octanol–water partition coefficient (Wildman–Crippen LogP) is 2.32. The van der Waals surface area contributed by atoms with Crippen molar-refractivity contribution in [2.75, 3.05) is 6.54 Å². The number of nitrogens with one attached hydrogen (secondary N) is 1. The molecular weight excluding hydrogens is 230 g/mol. The van der Waals surface area contributed by atoms with Crippen molar-refractivity contribution < 1.29 is 14.6 Å². The van der Waals surface area contributed by atoms with Crippen molar-refractivity contribution in [3.05, 3.63) is 35.9 Å². The molecule has 2 N–H and O–H groups in total. The summed E-state index contributed by atoms with van der Waals surface area (Å²) in [5.41, 5.74) is 0.940. The number of carbonyl (C=O) groups is 1. The maximum atomic E-state index is 11.4. The zero-order chi connectivity index (χ0) is 13.4. The maximum Gasteiger partial charge on any atom is 0.407 e. The van der Waals surface area contributed by atoms with E-state index in [1.54, 1.807) is 0 Å². The molecule has 18 heavy (non-hydrogen) atoms. The van der Waals surface area contributed by atoms with Crippen LogP contribution in [-0.4, -0.2) is 23.8 Å². The lowest BCUT2D eigenvalue weighted by Gasteiger charge is -2.17.